The van der Waals surface area contributed by atoms with Crippen molar-refractivity contribution >= 4 is 65.0 Å². The first-order valence-corrected chi connectivity index (χ1v) is 19.6. The van der Waals surface area contributed by atoms with Crippen LogP contribution >= 0.6 is 0 Å². The molecule has 0 spiro atoms. The number of rotatable bonds is 3. The van der Waals surface area contributed by atoms with Crippen LogP contribution in [-0.2, 0) is 5.41 Å². The standard InChI is InChI=1S/C55H36O/c1-55(2)47-27-15-14-26-44(47)51-46(32-48-52(53(51)55)45-29-28-34-18-6-7-19-36(34)54(45)56-48)50-41-24-12-10-22-39(41)49(40-23-11-13-25-42(40)50)43-31-30-35(33-16-4-3-5-17-33)37-20-8-9-21-38(37)43/h3-32H,1-2H3. The van der Waals surface area contributed by atoms with Crippen LogP contribution in [0.25, 0.3) is 110 Å². The number of furan rings is 1. The van der Waals surface area contributed by atoms with Crippen LogP contribution in [0.15, 0.2) is 186 Å². The summed E-state index contributed by atoms with van der Waals surface area (Å²) < 4.78 is 7.06. The average molecular weight is 713 g/mol. The topological polar surface area (TPSA) is 13.1 Å². The molecule has 0 unspecified atom stereocenters. The first-order chi connectivity index (χ1) is 27.6. The first kappa shape index (κ1) is 31.4. The highest BCUT2D eigenvalue weighted by atomic mass is 16.3. The highest BCUT2D eigenvalue weighted by molar-refractivity contribution is 6.27. The summed E-state index contributed by atoms with van der Waals surface area (Å²) >= 11 is 0. The van der Waals surface area contributed by atoms with Gasteiger partial charge < -0.3 is 4.42 Å². The third-order valence-corrected chi connectivity index (χ3v) is 12.6. The van der Waals surface area contributed by atoms with Crippen LogP contribution in [-0.4, -0.2) is 0 Å². The minimum atomic E-state index is -0.242. The second kappa shape index (κ2) is 11.5. The summed E-state index contributed by atoms with van der Waals surface area (Å²) in [5.74, 6) is 0. The van der Waals surface area contributed by atoms with Gasteiger partial charge in [-0.3, -0.25) is 0 Å². The van der Waals surface area contributed by atoms with Gasteiger partial charge in [0.15, 0.2) is 0 Å². The highest BCUT2D eigenvalue weighted by Crippen LogP contribution is 2.58. The molecule has 0 atom stereocenters. The Kier molecular flexibility index (Phi) is 6.46. The van der Waals surface area contributed by atoms with E-state index < -0.39 is 0 Å². The molecule has 1 heteroatoms. The summed E-state index contributed by atoms with van der Waals surface area (Å²) in [6.45, 7) is 4.79. The van der Waals surface area contributed by atoms with Crippen molar-refractivity contribution in [3.05, 3.63) is 193 Å². The lowest BCUT2D eigenvalue weighted by atomic mass is 9.78. The lowest BCUT2D eigenvalue weighted by molar-refractivity contribution is 0.658. The largest absolute Gasteiger partial charge is 0.455 e. The summed E-state index contributed by atoms with van der Waals surface area (Å²) in [6, 6.07) is 66.9. The molecule has 0 N–H and O–H groups in total. The van der Waals surface area contributed by atoms with Crippen LogP contribution in [0.5, 0.6) is 0 Å². The third kappa shape index (κ3) is 4.20. The van der Waals surface area contributed by atoms with Crippen molar-refractivity contribution < 1.29 is 4.42 Å². The van der Waals surface area contributed by atoms with E-state index in [2.05, 4.69) is 196 Å². The zero-order chi connectivity index (χ0) is 37.1. The number of benzene rings is 10. The monoisotopic (exact) mass is 712 g/mol. The highest BCUT2D eigenvalue weighted by Gasteiger charge is 2.40. The molecular weight excluding hydrogens is 677 g/mol. The molecule has 0 fully saturated rings. The lowest BCUT2D eigenvalue weighted by Gasteiger charge is -2.24. The third-order valence-electron chi connectivity index (χ3n) is 12.6. The molecule has 0 amide bonds. The van der Waals surface area contributed by atoms with Crippen LogP contribution in [0.2, 0.25) is 0 Å². The van der Waals surface area contributed by atoms with Gasteiger partial charge in [0.2, 0.25) is 0 Å². The Hall–Kier alpha value is -6.96. The van der Waals surface area contributed by atoms with E-state index in [1.165, 1.54) is 104 Å². The summed E-state index contributed by atoms with van der Waals surface area (Å²) in [6.07, 6.45) is 0. The molecule has 1 aliphatic rings. The molecule has 11 aromatic rings. The second-order valence-electron chi connectivity index (χ2n) is 15.9. The molecule has 1 aliphatic carbocycles. The molecule has 262 valence electrons. The zero-order valence-corrected chi connectivity index (χ0v) is 31.2. The van der Waals surface area contributed by atoms with Gasteiger partial charge in [0, 0.05) is 21.6 Å². The molecule has 10 aromatic carbocycles. The van der Waals surface area contributed by atoms with Gasteiger partial charge in [-0.1, -0.05) is 184 Å². The van der Waals surface area contributed by atoms with E-state index >= 15 is 0 Å². The molecule has 0 radical (unpaired) electrons. The van der Waals surface area contributed by atoms with Crippen molar-refractivity contribution in [3.63, 3.8) is 0 Å². The van der Waals surface area contributed by atoms with Gasteiger partial charge in [0.05, 0.1) is 0 Å². The average Bonchev–Trinajstić information content (AvgIpc) is 3.74. The Morgan fingerprint density at radius 2 is 0.911 bits per heavy atom. The van der Waals surface area contributed by atoms with Crippen molar-refractivity contribution in [2.75, 3.05) is 0 Å². The van der Waals surface area contributed by atoms with Crippen molar-refractivity contribution in [1.82, 2.24) is 0 Å². The quantitative estimate of drug-likeness (QED) is 0.166. The normalized spacial score (nSPS) is 13.3. The van der Waals surface area contributed by atoms with Gasteiger partial charge in [0.1, 0.15) is 11.2 Å². The molecular formula is C55H36O. The van der Waals surface area contributed by atoms with Crippen molar-refractivity contribution in [3.8, 4) is 44.5 Å². The van der Waals surface area contributed by atoms with E-state index in [0.29, 0.717) is 0 Å². The van der Waals surface area contributed by atoms with E-state index in [9.17, 15) is 0 Å². The maximum absolute atomic E-state index is 7.06. The number of hydrogen-bond donors (Lipinski definition) is 0. The Labute approximate surface area is 325 Å². The Balaban J connectivity index is 1.23. The zero-order valence-electron chi connectivity index (χ0n) is 31.2. The number of fused-ring (bicyclic) bond motifs is 12. The predicted octanol–water partition coefficient (Wildman–Crippen LogP) is 15.5. The fourth-order valence-corrected chi connectivity index (χ4v) is 10.2. The second-order valence-corrected chi connectivity index (χ2v) is 15.9. The van der Waals surface area contributed by atoms with E-state index in [1.807, 2.05) is 0 Å². The molecule has 0 bridgehead atoms. The summed E-state index contributed by atoms with van der Waals surface area (Å²) in [5, 5.41) is 12.2. The van der Waals surface area contributed by atoms with Gasteiger partial charge in [0.25, 0.3) is 0 Å². The molecule has 1 nitrogen and oxygen atoms in total. The molecule has 12 rings (SSSR count). The van der Waals surface area contributed by atoms with E-state index in [-0.39, 0.29) is 5.41 Å². The van der Waals surface area contributed by atoms with Gasteiger partial charge >= 0.3 is 0 Å². The van der Waals surface area contributed by atoms with Crippen molar-refractivity contribution in [2.24, 2.45) is 0 Å². The fourth-order valence-electron chi connectivity index (χ4n) is 10.2. The Bertz CT molecular complexity index is 3380. The van der Waals surface area contributed by atoms with Crippen LogP contribution < -0.4 is 0 Å². The summed E-state index contributed by atoms with van der Waals surface area (Å²) in [4.78, 5) is 0. The molecule has 0 saturated heterocycles. The predicted molar refractivity (Wildman–Crippen MR) is 238 cm³/mol. The van der Waals surface area contributed by atoms with Crippen LogP contribution in [0.3, 0.4) is 0 Å². The summed E-state index contributed by atoms with van der Waals surface area (Å²) in [5.41, 5.74) is 14.4. The van der Waals surface area contributed by atoms with Crippen molar-refractivity contribution in [1.29, 1.82) is 0 Å². The maximum Gasteiger partial charge on any atom is 0.143 e. The SMILES string of the molecule is CC1(C)c2ccccc2-c2c(-c3c4ccccc4c(-c4ccc(-c5ccccc5)c5ccccc45)c4ccccc34)cc3oc4c5ccccc5ccc4c3c21. The smallest absolute Gasteiger partial charge is 0.143 e. The molecule has 0 aliphatic heterocycles. The molecule has 0 saturated carbocycles. The Morgan fingerprint density at radius 3 is 1.61 bits per heavy atom. The molecule has 1 aromatic heterocycles. The molecule has 56 heavy (non-hydrogen) atoms. The maximum atomic E-state index is 7.06. The first-order valence-electron chi connectivity index (χ1n) is 19.6. The minimum Gasteiger partial charge on any atom is -0.455 e. The van der Waals surface area contributed by atoms with Crippen LogP contribution in [0, 0.1) is 0 Å². The van der Waals surface area contributed by atoms with Crippen LogP contribution in [0.1, 0.15) is 25.0 Å². The van der Waals surface area contributed by atoms with Crippen molar-refractivity contribution in [2.45, 2.75) is 19.3 Å². The van der Waals surface area contributed by atoms with Crippen LogP contribution in [0.4, 0.5) is 0 Å². The van der Waals surface area contributed by atoms with Gasteiger partial charge in [-0.05, 0) is 105 Å². The van der Waals surface area contributed by atoms with E-state index in [4.69, 9.17) is 4.42 Å². The van der Waals surface area contributed by atoms with E-state index in [0.717, 1.165) is 16.6 Å². The van der Waals surface area contributed by atoms with E-state index in [1.54, 1.807) is 0 Å². The molecule has 1 heterocycles. The van der Waals surface area contributed by atoms with Gasteiger partial charge in [-0.2, -0.15) is 0 Å². The number of hydrogen-bond acceptors (Lipinski definition) is 1. The van der Waals surface area contributed by atoms with Gasteiger partial charge in [-0.25, -0.2) is 0 Å². The Morgan fingerprint density at radius 1 is 0.375 bits per heavy atom. The minimum absolute atomic E-state index is 0.242. The summed E-state index contributed by atoms with van der Waals surface area (Å²) in [7, 11) is 0. The lowest BCUT2D eigenvalue weighted by Crippen LogP contribution is -2.15. The van der Waals surface area contributed by atoms with Gasteiger partial charge in [-0.15, -0.1) is 0 Å². The fraction of sp³-hybridized carbons (Fsp3) is 0.0545.